The number of hydrogen-bond acceptors (Lipinski definition) is 6. The number of hydrogen-bond donors (Lipinski definition) is 1. The minimum Gasteiger partial charge on any atom is -0.422 e. The summed E-state index contributed by atoms with van der Waals surface area (Å²) in [6, 6.07) is 12.1. The number of rotatable bonds is 5. The van der Waals surface area contributed by atoms with Gasteiger partial charge in [0, 0.05) is 10.0 Å². The van der Waals surface area contributed by atoms with Crippen LogP contribution in [0.25, 0.3) is 11.3 Å². The lowest BCUT2D eigenvalue weighted by molar-refractivity contribution is -0.137. The highest BCUT2D eigenvalue weighted by atomic mass is 79.9. The number of nitrogens with zero attached hydrogens (tertiary/aromatic N) is 3. The molecule has 160 valence electrons. The summed E-state index contributed by atoms with van der Waals surface area (Å²) in [7, 11) is 0. The van der Waals surface area contributed by atoms with Crippen LogP contribution in [0.5, 0.6) is 0 Å². The molecule has 0 aliphatic carbocycles. The van der Waals surface area contributed by atoms with E-state index in [0.29, 0.717) is 28.1 Å². The first kappa shape index (κ1) is 21.3. The minimum absolute atomic E-state index is 0.00811. The number of aromatic nitrogens is 3. The van der Waals surface area contributed by atoms with Gasteiger partial charge in [0.15, 0.2) is 11.9 Å². The normalized spacial score (nSPS) is 12.8. The number of benzene rings is 2. The zero-order valence-electron chi connectivity index (χ0n) is 16.0. The van der Waals surface area contributed by atoms with Gasteiger partial charge in [0.2, 0.25) is 11.8 Å². The van der Waals surface area contributed by atoms with E-state index in [2.05, 4.69) is 31.3 Å². The van der Waals surface area contributed by atoms with Crippen molar-refractivity contribution in [1.82, 2.24) is 15.4 Å². The highest BCUT2D eigenvalue weighted by molar-refractivity contribution is 9.10. The highest BCUT2D eigenvalue weighted by Crippen LogP contribution is 2.35. The molecule has 0 fully saturated rings. The molecule has 0 saturated heterocycles. The topological polar surface area (TPSA) is 85.2 Å². The van der Waals surface area contributed by atoms with E-state index in [1.54, 1.807) is 19.1 Å². The SMILES string of the molecule is Cc1noc(-c2ccc(Br)cc2)c1C(O)c1nnc(Cc2cccc(C(F)(F)F)c2)o1. The number of aliphatic hydroxyl groups excluding tert-OH is 1. The van der Waals surface area contributed by atoms with Crippen LogP contribution in [0.1, 0.15) is 40.3 Å². The van der Waals surface area contributed by atoms with Crippen LogP contribution in [0.2, 0.25) is 0 Å². The fourth-order valence-electron chi connectivity index (χ4n) is 3.11. The molecular formula is C21H15BrF3N3O3. The Morgan fingerprint density at radius 1 is 1.10 bits per heavy atom. The lowest BCUT2D eigenvalue weighted by atomic mass is 10.0. The second kappa shape index (κ2) is 8.27. The second-order valence-corrected chi connectivity index (χ2v) is 7.74. The first-order valence-corrected chi connectivity index (χ1v) is 9.90. The largest absolute Gasteiger partial charge is 0.422 e. The smallest absolute Gasteiger partial charge is 0.416 e. The molecule has 10 heteroatoms. The van der Waals surface area contributed by atoms with Crippen molar-refractivity contribution in [2.24, 2.45) is 0 Å². The summed E-state index contributed by atoms with van der Waals surface area (Å²) in [4.78, 5) is 0. The molecule has 1 unspecified atom stereocenters. The Morgan fingerprint density at radius 2 is 1.84 bits per heavy atom. The Hall–Kier alpha value is -2.98. The van der Waals surface area contributed by atoms with Crippen molar-refractivity contribution in [1.29, 1.82) is 0 Å². The molecule has 2 aromatic carbocycles. The van der Waals surface area contributed by atoms with Crippen molar-refractivity contribution in [3.8, 4) is 11.3 Å². The van der Waals surface area contributed by atoms with E-state index in [-0.39, 0.29) is 18.2 Å². The van der Waals surface area contributed by atoms with Gasteiger partial charge in [-0.2, -0.15) is 13.2 Å². The van der Waals surface area contributed by atoms with E-state index in [0.717, 1.165) is 16.6 Å². The average molecular weight is 494 g/mol. The third-order valence-electron chi connectivity index (χ3n) is 4.61. The Morgan fingerprint density at radius 3 is 2.55 bits per heavy atom. The van der Waals surface area contributed by atoms with Crippen LogP contribution in [-0.2, 0) is 12.6 Å². The van der Waals surface area contributed by atoms with Gasteiger partial charge in [0.25, 0.3) is 0 Å². The average Bonchev–Trinajstić information content (AvgIpc) is 3.34. The zero-order valence-corrected chi connectivity index (χ0v) is 17.6. The molecule has 1 atom stereocenters. The molecule has 2 aromatic heterocycles. The molecule has 2 heterocycles. The predicted octanol–water partition coefficient (Wildman–Crippen LogP) is 5.49. The van der Waals surface area contributed by atoms with E-state index < -0.39 is 17.8 Å². The van der Waals surface area contributed by atoms with Crippen molar-refractivity contribution in [2.45, 2.75) is 25.6 Å². The van der Waals surface area contributed by atoms with Gasteiger partial charge in [0.05, 0.1) is 23.2 Å². The Kier molecular flexibility index (Phi) is 5.67. The standard InChI is InChI=1S/C21H15BrF3N3O3/c1-11-17(19(31-28-11)13-5-7-15(22)8-6-13)18(29)20-27-26-16(30-20)10-12-3-2-4-14(9-12)21(23,24)25/h2-9,18,29H,10H2,1H3. The van der Waals surface area contributed by atoms with Crippen molar-refractivity contribution in [3.05, 3.63) is 87.2 Å². The summed E-state index contributed by atoms with van der Waals surface area (Å²) in [6.07, 6.45) is -5.76. The Balaban J connectivity index is 1.59. The Bertz CT molecular complexity index is 1200. The van der Waals surface area contributed by atoms with Crippen LogP contribution in [0.15, 0.2) is 61.9 Å². The van der Waals surface area contributed by atoms with Gasteiger partial charge in [-0.15, -0.1) is 10.2 Å². The van der Waals surface area contributed by atoms with E-state index in [9.17, 15) is 18.3 Å². The third-order valence-corrected chi connectivity index (χ3v) is 5.14. The molecule has 0 amide bonds. The molecule has 0 aliphatic heterocycles. The zero-order chi connectivity index (χ0) is 22.2. The van der Waals surface area contributed by atoms with Gasteiger partial charge >= 0.3 is 6.18 Å². The number of halogens is 4. The summed E-state index contributed by atoms with van der Waals surface area (Å²) >= 11 is 3.36. The minimum atomic E-state index is -4.44. The van der Waals surface area contributed by atoms with Crippen molar-refractivity contribution in [2.75, 3.05) is 0 Å². The molecule has 4 rings (SSSR count). The molecule has 6 nitrogen and oxygen atoms in total. The summed E-state index contributed by atoms with van der Waals surface area (Å²) in [6.45, 7) is 1.67. The maximum Gasteiger partial charge on any atom is 0.416 e. The van der Waals surface area contributed by atoms with E-state index >= 15 is 0 Å². The van der Waals surface area contributed by atoms with E-state index in [1.165, 1.54) is 12.1 Å². The van der Waals surface area contributed by atoms with Crippen LogP contribution in [0, 0.1) is 6.92 Å². The predicted molar refractivity (Wildman–Crippen MR) is 107 cm³/mol. The van der Waals surface area contributed by atoms with Crippen LogP contribution in [0.4, 0.5) is 13.2 Å². The lowest BCUT2D eigenvalue weighted by Gasteiger charge is -2.08. The van der Waals surface area contributed by atoms with Gasteiger partial charge in [-0.3, -0.25) is 0 Å². The number of alkyl halides is 3. The van der Waals surface area contributed by atoms with E-state index in [4.69, 9.17) is 8.94 Å². The molecule has 0 spiro atoms. The van der Waals surface area contributed by atoms with Crippen LogP contribution >= 0.6 is 15.9 Å². The summed E-state index contributed by atoms with van der Waals surface area (Å²) < 4.78 is 50.5. The van der Waals surface area contributed by atoms with E-state index in [1.807, 2.05) is 12.1 Å². The molecule has 0 bridgehead atoms. The Labute approximate surface area is 182 Å². The van der Waals surface area contributed by atoms with Gasteiger partial charge in [0.1, 0.15) is 0 Å². The van der Waals surface area contributed by atoms with Crippen molar-refractivity contribution in [3.63, 3.8) is 0 Å². The monoisotopic (exact) mass is 493 g/mol. The second-order valence-electron chi connectivity index (χ2n) is 6.83. The molecular weight excluding hydrogens is 479 g/mol. The fraction of sp³-hybridized carbons (Fsp3) is 0.190. The number of aliphatic hydroxyl groups is 1. The number of aryl methyl sites for hydroxylation is 1. The van der Waals surface area contributed by atoms with Crippen LogP contribution < -0.4 is 0 Å². The summed E-state index contributed by atoms with van der Waals surface area (Å²) in [5.74, 6) is 0.328. The highest BCUT2D eigenvalue weighted by Gasteiger charge is 2.31. The third kappa shape index (κ3) is 4.54. The van der Waals surface area contributed by atoms with Crippen molar-refractivity contribution >= 4 is 15.9 Å². The molecule has 0 aliphatic rings. The fourth-order valence-corrected chi connectivity index (χ4v) is 3.38. The quantitative estimate of drug-likeness (QED) is 0.395. The van der Waals surface area contributed by atoms with Crippen LogP contribution in [0.3, 0.4) is 0 Å². The molecule has 0 radical (unpaired) electrons. The molecule has 4 aromatic rings. The van der Waals surface area contributed by atoms with Gasteiger partial charge in [-0.25, -0.2) is 0 Å². The molecule has 1 N–H and O–H groups in total. The van der Waals surface area contributed by atoms with Gasteiger partial charge in [-0.05, 0) is 30.7 Å². The van der Waals surface area contributed by atoms with Gasteiger partial charge < -0.3 is 14.0 Å². The first-order valence-electron chi connectivity index (χ1n) is 9.11. The first-order chi connectivity index (χ1) is 14.7. The lowest BCUT2D eigenvalue weighted by Crippen LogP contribution is -2.05. The summed E-state index contributed by atoms with van der Waals surface area (Å²) in [5.41, 5.74) is 1.11. The van der Waals surface area contributed by atoms with Gasteiger partial charge in [-0.1, -0.05) is 51.4 Å². The maximum atomic E-state index is 12.9. The van der Waals surface area contributed by atoms with Crippen molar-refractivity contribution < 1.29 is 27.2 Å². The van der Waals surface area contributed by atoms with Crippen LogP contribution in [-0.4, -0.2) is 20.5 Å². The molecule has 31 heavy (non-hydrogen) atoms. The molecule has 0 saturated carbocycles. The summed E-state index contributed by atoms with van der Waals surface area (Å²) in [5, 5.41) is 22.5. The maximum absolute atomic E-state index is 12.9.